The molecule has 1 aliphatic heterocycles. The smallest absolute Gasteiger partial charge is 0.260 e. The number of nitrogens with zero attached hydrogens (tertiary/aromatic N) is 1. The molecule has 2 amide bonds. The monoisotopic (exact) mass is 260 g/mol. The second-order valence-corrected chi connectivity index (χ2v) is 5.49. The molecule has 18 heavy (non-hydrogen) atoms. The fourth-order valence-electron chi connectivity index (χ4n) is 2.34. The predicted octanol–water partition coefficient (Wildman–Crippen LogP) is 1.01. The van der Waals surface area contributed by atoms with Gasteiger partial charge in [0.2, 0.25) is 11.8 Å². The van der Waals surface area contributed by atoms with E-state index in [4.69, 9.17) is 0 Å². The molecule has 2 aliphatic rings. The summed E-state index contributed by atoms with van der Waals surface area (Å²) in [6.45, 7) is 4.55. The van der Waals surface area contributed by atoms with Gasteiger partial charge in [-0.15, -0.1) is 0 Å². The first-order chi connectivity index (χ1) is 8.33. The average Bonchev–Trinajstić information content (AvgIpc) is 2.89. The van der Waals surface area contributed by atoms with E-state index in [1.54, 1.807) is 0 Å². The Bertz CT molecular complexity index is 371. The fraction of sp³-hybridized carbons (Fsp3) is 0.833. The summed E-state index contributed by atoms with van der Waals surface area (Å²) in [7, 11) is 0. The zero-order valence-electron chi connectivity index (χ0n) is 10.6. The Labute approximate surface area is 105 Å². The summed E-state index contributed by atoms with van der Waals surface area (Å²) < 4.78 is 25.9. The molecular weight excluding hydrogens is 242 g/mol. The molecule has 2 fully saturated rings. The Balaban J connectivity index is 2.08. The highest BCUT2D eigenvalue weighted by molar-refractivity contribution is 5.91. The second kappa shape index (κ2) is 4.48. The molecule has 2 unspecified atom stereocenters. The molecule has 1 heterocycles. The predicted molar refractivity (Wildman–Crippen MR) is 61.0 cm³/mol. The highest BCUT2D eigenvalue weighted by Crippen LogP contribution is 2.49. The first-order valence-electron chi connectivity index (χ1n) is 6.29. The van der Waals surface area contributed by atoms with Gasteiger partial charge in [-0.05, 0) is 12.3 Å². The number of carbonyl (C=O) groups excluding carboxylic acids is 2. The third kappa shape index (κ3) is 2.47. The van der Waals surface area contributed by atoms with Crippen LogP contribution >= 0.6 is 0 Å². The van der Waals surface area contributed by atoms with E-state index in [2.05, 4.69) is 5.32 Å². The minimum absolute atomic E-state index is 0.229. The van der Waals surface area contributed by atoms with Crippen molar-refractivity contribution in [3.8, 4) is 0 Å². The van der Waals surface area contributed by atoms with Crippen LogP contribution < -0.4 is 5.32 Å². The number of hydrogen-bond donors (Lipinski definition) is 1. The number of halogens is 2. The molecule has 6 heteroatoms. The van der Waals surface area contributed by atoms with Gasteiger partial charge in [-0.3, -0.25) is 9.59 Å². The van der Waals surface area contributed by atoms with Gasteiger partial charge < -0.3 is 10.2 Å². The van der Waals surface area contributed by atoms with Crippen LogP contribution in [0.2, 0.25) is 0 Å². The van der Waals surface area contributed by atoms with Crippen molar-refractivity contribution < 1.29 is 18.4 Å². The van der Waals surface area contributed by atoms with Crippen LogP contribution in [0.15, 0.2) is 0 Å². The molecule has 4 nitrogen and oxygen atoms in total. The second-order valence-electron chi connectivity index (χ2n) is 5.49. The molecule has 2 rings (SSSR count). The number of amides is 2. The van der Waals surface area contributed by atoms with Crippen LogP contribution in [0.5, 0.6) is 0 Å². The van der Waals surface area contributed by atoms with Gasteiger partial charge in [0.1, 0.15) is 12.0 Å². The molecule has 1 saturated carbocycles. The van der Waals surface area contributed by atoms with E-state index < -0.39 is 23.8 Å². The van der Waals surface area contributed by atoms with Gasteiger partial charge in [-0.1, -0.05) is 13.8 Å². The summed E-state index contributed by atoms with van der Waals surface area (Å²) >= 11 is 0. The Kier molecular flexibility index (Phi) is 3.29. The first-order valence-corrected chi connectivity index (χ1v) is 6.29. The van der Waals surface area contributed by atoms with Gasteiger partial charge in [0.15, 0.2) is 0 Å². The molecule has 0 aromatic rings. The van der Waals surface area contributed by atoms with E-state index in [-0.39, 0.29) is 18.2 Å². The number of alkyl halides is 2. The largest absolute Gasteiger partial charge is 0.353 e. The van der Waals surface area contributed by atoms with E-state index in [0.29, 0.717) is 19.5 Å². The van der Waals surface area contributed by atoms with Crippen LogP contribution in [0.25, 0.3) is 0 Å². The van der Waals surface area contributed by atoms with Crippen LogP contribution in [0.1, 0.15) is 26.7 Å². The summed E-state index contributed by atoms with van der Waals surface area (Å²) in [5, 5.41) is 2.68. The van der Waals surface area contributed by atoms with Crippen molar-refractivity contribution in [3.05, 3.63) is 0 Å². The molecule has 1 N–H and O–H groups in total. The number of rotatable bonds is 3. The number of hydrogen-bond acceptors (Lipinski definition) is 2. The van der Waals surface area contributed by atoms with Crippen molar-refractivity contribution >= 4 is 11.8 Å². The van der Waals surface area contributed by atoms with Crippen molar-refractivity contribution in [2.45, 2.75) is 38.7 Å². The van der Waals surface area contributed by atoms with Crippen LogP contribution in [-0.4, -0.2) is 41.8 Å². The van der Waals surface area contributed by atoms with E-state index in [0.717, 1.165) is 0 Å². The van der Waals surface area contributed by atoms with Gasteiger partial charge in [0.05, 0.1) is 0 Å². The zero-order valence-corrected chi connectivity index (χ0v) is 10.6. The van der Waals surface area contributed by atoms with E-state index in [9.17, 15) is 18.4 Å². The maximum Gasteiger partial charge on any atom is 0.260 e. The average molecular weight is 260 g/mol. The first kappa shape index (κ1) is 13.2. The van der Waals surface area contributed by atoms with Crippen molar-refractivity contribution in [1.29, 1.82) is 0 Å². The molecule has 2 atom stereocenters. The lowest BCUT2D eigenvalue weighted by molar-refractivity contribution is -0.146. The SMILES string of the molecule is CC(C)CC1C(=O)NCCN1C(=O)C1CC1(F)F. The highest BCUT2D eigenvalue weighted by Gasteiger charge is 2.63. The van der Waals surface area contributed by atoms with Crippen LogP contribution in [0.4, 0.5) is 8.78 Å². The number of nitrogens with one attached hydrogen (secondary N) is 1. The number of carbonyl (C=O) groups is 2. The molecular formula is C12H18F2N2O2. The van der Waals surface area contributed by atoms with Gasteiger partial charge in [0.25, 0.3) is 5.92 Å². The summed E-state index contributed by atoms with van der Waals surface area (Å²) in [5.41, 5.74) is 0. The lowest BCUT2D eigenvalue weighted by atomic mass is 9.99. The van der Waals surface area contributed by atoms with Crippen molar-refractivity contribution in [2.75, 3.05) is 13.1 Å². The van der Waals surface area contributed by atoms with Crippen molar-refractivity contribution in [2.24, 2.45) is 11.8 Å². The summed E-state index contributed by atoms with van der Waals surface area (Å²) in [5.74, 6) is -4.65. The molecule has 1 aliphatic carbocycles. The molecule has 102 valence electrons. The zero-order chi connectivity index (χ0) is 13.5. The van der Waals surface area contributed by atoms with Crippen LogP contribution in [-0.2, 0) is 9.59 Å². The van der Waals surface area contributed by atoms with Gasteiger partial charge in [0, 0.05) is 19.5 Å². The van der Waals surface area contributed by atoms with Gasteiger partial charge >= 0.3 is 0 Å². The molecule has 0 bridgehead atoms. The van der Waals surface area contributed by atoms with E-state index in [1.807, 2.05) is 13.8 Å². The minimum Gasteiger partial charge on any atom is -0.353 e. The normalized spacial score (nSPS) is 30.3. The summed E-state index contributed by atoms with van der Waals surface area (Å²) in [6.07, 6.45) is 0.133. The van der Waals surface area contributed by atoms with E-state index in [1.165, 1.54) is 4.90 Å². The lowest BCUT2D eigenvalue weighted by Gasteiger charge is -2.36. The Morgan fingerprint density at radius 3 is 2.67 bits per heavy atom. The molecule has 0 spiro atoms. The van der Waals surface area contributed by atoms with E-state index >= 15 is 0 Å². The molecule has 0 radical (unpaired) electrons. The lowest BCUT2D eigenvalue weighted by Crippen LogP contribution is -2.58. The van der Waals surface area contributed by atoms with Crippen molar-refractivity contribution in [3.63, 3.8) is 0 Å². The van der Waals surface area contributed by atoms with Crippen LogP contribution in [0, 0.1) is 11.8 Å². The van der Waals surface area contributed by atoms with Gasteiger partial charge in [-0.25, -0.2) is 8.78 Å². The van der Waals surface area contributed by atoms with Gasteiger partial charge in [-0.2, -0.15) is 0 Å². The molecule has 0 aromatic heterocycles. The fourth-order valence-corrected chi connectivity index (χ4v) is 2.34. The topological polar surface area (TPSA) is 49.4 Å². The third-order valence-electron chi connectivity index (χ3n) is 3.43. The Hall–Kier alpha value is -1.20. The Morgan fingerprint density at radius 1 is 1.56 bits per heavy atom. The molecule has 1 saturated heterocycles. The summed E-state index contributed by atoms with van der Waals surface area (Å²) in [4.78, 5) is 25.1. The third-order valence-corrected chi connectivity index (χ3v) is 3.43. The molecule has 0 aromatic carbocycles. The van der Waals surface area contributed by atoms with Crippen LogP contribution in [0.3, 0.4) is 0 Å². The minimum atomic E-state index is -2.87. The maximum absolute atomic E-state index is 12.9. The summed E-state index contributed by atoms with van der Waals surface area (Å²) in [6, 6.07) is -0.595. The quantitative estimate of drug-likeness (QED) is 0.823. The highest BCUT2D eigenvalue weighted by atomic mass is 19.3. The maximum atomic E-state index is 12.9. The number of piperazine rings is 1. The van der Waals surface area contributed by atoms with Crippen molar-refractivity contribution in [1.82, 2.24) is 10.2 Å². The Morgan fingerprint density at radius 2 is 2.17 bits per heavy atom. The standard InChI is InChI=1S/C12H18F2N2O2/c1-7(2)5-9-10(17)15-3-4-16(9)11(18)8-6-12(8,13)14/h7-9H,3-6H2,1-2H3,(H,15,17).